The van der Waals surface area contributed by atoms with Crippen LogP contribution in [0.5, 0.6) is 0 Å². The molecule has 1 heterocycles. The first-order valence-electron chi connectivity index (χ1n) is 5.65. The van der Waals surface area contributed by atoms with Crippen molar-refractivity contribution in [2.75, 3.05) is 11.1 Å². The Morgan fingerprint density at radius 1 is 1.24 bits per heavy atom. The van der Waals surface area contributed by atoms with Crippen LogP contribution in [0.15, 0.2) is 30.3 Å². The average Bonchev–Trinajstić information content (AvgIpc) is 2.28. The topological polar surface area (TPSA) is 63.8 Å². The van der Waals surface area contributed by atoms with E-state index in [1.165, 1.54) is 5.56 Å². The van der Waals surface area contributed by atoms with E-state index in [1.54, 1.807) is 0 Å². The van der Waals surface area contributed by atoms with E-state index in [0.717, 1.165) is 23.6 Å². The minimum absolute atomic E-state index is 0.293. The predicted octanol–water partition coefficient (Wildman–Crippen LogP) is 2.67. The molecule has 1 aromatic carbocycles. The zero-order chi connectivity index (χ0) is 12.3. The van der Waals surface area contributed by atoms with E-state index in [2.05, 4.69) is 28.3 Å². The van der Waals surface area contributed by atoms with Gasteiger partial charge in [-0.1, -0.05) is 25.1 Å². The Morgan fingerprint density at radius 2 is 2.00 bits per heavy atom. The van der Waals surface area contributed by atoms with Gasteiger partial charge in [0.1, 0.15) is 5.82 Å². The standard InChI is InChI=1S/C13H16N4/c1-3-10-6-4-5-7-11(10)16-12-8-9(2)15-13(14)17-12/h4-8H,3H2,1-2H3,(H3,14,15,16,17). The van der Waals surface area contributed by atoms with Gasteiger partial charge in [0.2, 0.25) is 5.95 Å². The van der Waals surface area contributed by atoms with Gasteiger partial charge in [0.15, 0.2) is 0 Å². The maximum Gasteiger partial charge on any atom is 0.222 e. The molecule has 0 saturated heterocycles. The molecule has 0 saturated carbocycles. The molecule has 4 heteroatoms. The highest BCUT2D eigenvalue weighted by atomic mass is 15.1. The van der Waals surface area contributed by atoms with Crippen molar-refractivity contribution in [1.82, 2.24) is 9.97 Å². The molecule has 0 fully saturated rings. The number of rotatable bonds is 3. The summed E-state index contributed by atoms with van der Waals surface area (Å²) in [5.41, 5.74) is 8.79. The summed E-state index contributed by atoms with van der Waals surface area (Å²) in [6, 6.07) is 10.0. The van der Waals surface area contributed by atoms with Crippen molar-refractivity contribution in [2.24, 2.45) is 0 Å². The lowest BCUT2D eigenvalue weighted by Gasteiger charge is -2.10. The van der Waals surface area contributed by atoms with Gasteiger partial charge in [0, 0.05) is 17.4 Å². The lowest BCUT2D eigenvalue weighted by Crippen LogP contribution is -2.02. The summed E-state index contributed by atoms with van der Waals surface area (Å²) in [6.07, 6.45) is 0.975. The number of nitrogens with one attached hydrogen (secondary N) is 1. The number of para-hydroxylation sites is 1. The van der Waals surface area contributed by atoms with Crippen LogP contribution in [0.3, 0.4) is 0 Å². The first-order chi connectivity index (χ1) is 8.19. The van der Waals surface area contributed by atoms with Crippen LogP contribution < -0.4 is 11.1 Å². The van der Waals surface area contributed by atoms with Gasteiger partial charge >= 0.3 is 0 Å². The van der Waals surface area contributed by atoms with E-state index in [4.69, 9.17) is 5.73 Å². The number of hydrogen-bond donors (Lipinski definition) is 2. The smallest absolute Gasteiger partial charge is 0.222 e. The Hall–Kier alpha value is -2.10. The van der Waals surface area contributed by atoms with Crippen LogP contribution in [-0.4, -0.2) is 9.97 Å². The van der Waals surface area contributed by atoms with Gasteiger partial charge in [-0.25, -0.2) is 4.98 Å². The maximum atomic E-state index is 5.62. The van der Waals surface area contributed by atoms with E-state index < -0.39 is 0 Å². The fourth-order valence-corrected chi connectivity index (χ4v) is 1.74. The highest BCUT2D eigenvalue weighted by Crippen LogP contribution is 2.20. The van der Waals surface area contributed by atoms with Crippen LogP contribution in [-0.2, 0) is 6.42 Å². The van der Waals surface area contributed by atoms with Crippen LogP contribution in [0.4, 0.5) is 17.5 Å². The van der Waals surface area contributed by atoms with Gasteiger partial charge in [-0.15, -0.1) is 0 Å². The normalized spacial score (nSPS) is 10.2. The molecule has 0 amide bonds. The van der Waals surface area contributed by atoms with Crippen LogP contribution in [0.25, 0.3) is 0 Å². The third-order valence-corrected chi connectivity index (χ3v) is 2.53. The summed E-state index contributed by atoms with van der Waals surface area (Å²) in [5, 5.41) is 3.27. The van der Waals surface area contributed by atoms with Crippen molar-refractivity contribution < 1.29 is 0 Å². The predicted molar refractivity (Wildman–Crippen MR) is 70.3 cm³/mol. The lowest BCUT2D eigenvalue weighted by molar-refractivity contribution is 1.11. The fourth-order valence-electron chi connectivity index (χ4n) is 1.74. The van der Waals surface area contributed by atoms with Gasteiger partial charge in [0.05, 0.1) is 0 Å². The van der Waals surface area contributed by atoms with Gasteiger partial charge < -0.3 is 11.1 Å². The van der Waals surface area contributed by atoms with Crippen LogP contribution in [0, 0.1) is 6.92 Å². The molecule has 0 aliphatic carbocycles. The quantitative estimate of drug-likeness (QED) is 0.847. The Kier molecular flexibility index (Phi) is 3.23. The summed E-state index contributed by atoms with van der Waals surface area (Å²) in [5.74, 6) is 1.03. The van der Waals surface area contributed by atoms with Gasteiger partial charge in [0.25, 0.3) is 0 Å². The average molecular weight is 228 g/mol. The van der Waals surface area contributed by atoms with Crippen LogP contribution >= 0.6 is 0 Å². The minimum atomic E-state index is 0.293. The Balaban J connectivity index is 2.31. The molecule has 0 spiro atoms. The molecular formula is C13H16N4. The number of nitrogen functional groups attached to an aromatic ring is 1. The number of nitrogens with zero attached hydrogens (tertiary/aromatic N) is 2. The van der Waals surface area contributed by atoms with E-state index in [-0.39, 0.29) is 0 Å². The lowest BCUT2D eigenvalue weighted by atomic mass is 10.1. The zero-order valence-corrected chi connectivity index (χ0v) is 10.1. The molecule has 0 atom stereocenters. The molecule has 2 aromatic rings. The summed E-state index contributed by atoms with van der Waals surface area (Å²) >= 11 is 0. The molecule has 17 heavy (non-hydrogen) atoms. The molecule has 0 unspecified atom stereocenters. The van der Waals surface area contributed by atoms with Crippen molar-refractivity contribution in [3.05, 3.63) is 41.6 Å². The summed E-state index contributed by atoms with van der Waals surface area (Å²) < 4.78 is 0. The second kappa shape index (κ2) is 4.82. The molecule has 0 aliphatic heterocycles. The maximum absolute atomic E-state index is 5.62. The summed E-state index contributed by atoms with van der Waals surface area (Å²) in [7, 11) is 0. The molecule has 0 radical (unpaired) electrons. The first-order valence-corrected chi connectivity index (χ1v) is 5.65. The molecule has 1 aromatic heterocycles. The molecule has 88 valence electrons. The molecule has 2 rings (SSSR count). The number of benzene rings is 1. The summed E-state index contributed by atoms with van der Waals surface area (Å²) in [4.78, 5) is 8.21. The van der Waals surface area contributed by atoms with Crippen molar-refractivity contribution in [2.45, 2.75) is 20.3 Å². The summed E-state index contributed by atoms with van der Waals surface area (Å²) in [6.45, 7) is 4.02. The van der Waals surface area contributed by atoms with Crippen molar-refractivity contribution >= 4 is 17.5 Å². The number of hydrogen-bond acceptors (Lipinski definition) is 4. The molecular weight excluding hydrogens is 212 g/mol. The zero-order valence-electron chi connectivity index (χ0n) is 10.1. The minimum Gasteiger partial charge on any atom is -0.368 e. The molecule has 0 aliphatic rings. The SMILES string of the molecule is CCc1ccccc1Nc1cc(C)nc(N)n1. The van der Waals surface area contributed by atoms with E-state index in [0.29, 0.717) is 5.95 Å². The molecule has 3 N–H and O–H groups in total. The van der Waals surface area contributed by atoms with Gasteiger partial charge in [-0.05, 0) is 25.0 Å². The third kappa shape index (κ3) is 2.72. The monoisotopic (exact) mass is 228 g/mol. The largest absolute Gasteiger partial charge is 0.368 e. The van der Waals surface area contributed by atoms with Crippen molar-refractivity contribution in [3.63, 3.8) is 0 Å². The first kappa shape index (κ1) is 11.4. The van der Waals surface area contributed by atoms with Gasteiger partial charge in [-0.2, -0.15) is 4.98 Å². The van der Waals surface area contributed by atoms with E-state index >= 15 is 0 Å². The molecule has 4 nitrogen and oxygen atoms in total. The van der Waals surface area contributed by atoms with Gasteiger partial charge in [-0.3, -0.25) is 0 Å². The van der Waals surface area contributed by atoms with Crippen molar-refractivity contribution in [1.29, 1.82) is 0 Å². The highest BCUT2D eigenvalue weighted by molar-refractivity contribution is 5.61. The second-order valence-electron chi connectivity index (χ2n) is 3.89. The Labute approximate surface area is 101 Å². The molecule has 0 bridgehead atoms. The number of nitrogens with two attached hydrogens (primary N) is 1. The Morgan fingerprint density at radius 3 is 2.71 bits per heavy atom. The second-order valence-corrected chi connectivity index (χ2v) is 3.89. The third-order valence-electron chi connectivity index (χ3n) is 2.53. The van der Waals surface area contributed by atoms with Crippen LogP contribution in [0.1, 0.15) is 18.2 Å². The Bertz CT molecular complexity index is 502. The van der Waals surface area contributed by atoms with Crippen LogP contribution in [0.2, 0.25) is 0 Å². The number of aryl methyl sites for hydroxylation is 2. The highest BCUT2D eigenvalue weighted by Gasteiger charge is 2.03. The van der Waals surface area contributed by atoms with E-state index in [1.807, 2.05) is 31.2 Å². The van der Waals surface area contributed by atoms with E-state index in [9.17, 15) is 0 Å². The number of aromatic nitrogens is 2. The van der Waals surface area contributed by atoms with Crippen molar-refractivity contribution in [3.8, 4) is 0 Å². The number of anilines is 3. The fraction of sp³-hybridized carbons (Fsp3) is 0.231.